The van der Waals surface area contributed by atoms with E-state index < -0.39 is 0 Å². The van der Waals surface area contributed by atoms with E-state index in [1.807, 2.05) is 12.3 Å². The van der Waals surface area contributed by atoms with E-state index in [0.29, 0.717) is 0 Å². The Kier molecular flexibility index (Phi) is 5.52. The molecular weight excluding hydrogens is 248 g/mol. The quantitative estimate of drug-likeness (QED) is 0.847. The van der Waals surface area contributed by atoms with E-state index in [9.17, 15) is 0 Å². The summed E-state index contributed by atoms with van der Waals surface area (Å²) in [6.07, 6.45) is 2.90. The minimum atomic E-state index is 0.237. The van der Waals surface area contributed by atoms with Crippen LogP contribution < -0.4 is 5.32 Å². The third-order valence-electron chi connectivity index (χ3n) is 4.11. The minimum absolute atomic E-state index is 0.237. The van der Waals surface area contributed by atoms with Gasteiger partial charge in [-0.25, -0.2) is 0 Å². The van der Waals surface area contributed by atoms with E-state index in [1.54, 1.807) is 0 Å². The molecule has 0 atom stereocenters. The summed E-state index contributed by atoms with van der Waals surface area (Å²) in [5.74, 6) is 0. The minimum Gasteiger partial charge on any atom is -0.314 e. The van der Waals surface area contributed by atoms with Crippen LogP contribution in [-0.4, -0.2) is 66.6 Å². The first kappa shape index (κ1) is 15.4. The number of piperazine rings is 1. The molecule has 2 heterocycles. The molecule has 20 heavy (non-hydrogen) atoms. The summed E-state index contributed by atoms with van der Waals surface area (Å²) in [7, 11) is 2.22. The molecule has 0 unspecified atom stereocenters. The predicted octanol–water partition coefficient (Wildman–Crippen LogP) is 1.24. The van der Waals surface area contributed by atoms with Crippen molar-refractivity contribution < 1.29 is 0 Å². The van der Waals surface area contributed by atoms with Crippen LogP contribution in [0.25, 0.3) is 0 Å². The lowest BCUT2D eigenvalue weighted by Crippen LogP contribution is -2.57. The van der Waals surface area contributed by atoms with Crippen molar-refractivity contribution in [2.24, 2.45) is 0 Å². The predicted molar refractivity (Wildman–Crippen MR) is 84.0 cm³/mol. The van der Waals surface area contributed by atoms with Crippen LogP contribution in [0.3, 0.4) is 0 Å². The highest BCUT2D eigenvalue weighted by molar-refractivity contribution is 5.03. The second-order valence-corrected chi connectivity index (χ2v) is 6.36. The molecule has 1 aliphatic rings. The van der Waals surface area contributed by atoms with Crippen LogP contribution >= 0.6 is 0 Å². The summed E-state index contributed by atoms with van der Waals surface area (Å²) in [5.41, 5.74) is 1.42. The van der Waals surface area contributed by atoms with Gasteiger partial charge in [0.15, 0.2) is 0 Å². The van der Waals surface area contributed by atoms with Gasteiger partial charge >= 0.3 is 0 Å². The topological polar surface area (TPSA) is 31.4 Å². The molecule has 2 rings (SSSR count). The summed E-state index contributed by atoms with van der Waals surface area (Å²) in [4.78, 5) is 9.42. The lowest BCUT2D eigenvalue weighted by Gasteiger charge is -2.43. The number of hydrogen-bond donors (Lipinski definition) is 1. The van der Waals surface area contributed by atoms with Gasteiger partial charge in [0.25, 0.3) is 0 Å². The standard InChI is InChI=1S/C16H28N4/c1-16(2,20-12-9-17-10-13-20)14-19(3)11-7-15-6-4-5-8-18-15/h4-6,8,17H,7,9-14H2,1-3H3. The number of nitrogens with zero attached hydrogens (tertiary/aromatic N) is 3. The molecule has 112 valence electrons. The maximum absolute atomic E-state index is 4.39. The largest absolute Gasteiger partial charge is 0.314 e. The second-order valence-electron chi connectivity index (χ2n) is 6.36. The number of nitrogens with one attached hydrogen (secondary N) is 1. The van der Waals surface area contributed by atoms with Crippen molar-refractivity contribution in [3.8, 4) is 0 Å². The van der Waals surface area contributed by atoms with Crippen LogP contribution in [0.5, 0.6) is 0 Å². The van der Waals surface area contributed by atoms with Crippen molar-refractivity contribution in [2.75, 3.05) is 46.3 Å². The molecule has 4 nitrogen and oxygen atoms in total. The highest BCUT2D eigenvalue weighted by atomic mass is 15.3. The summed E-state index contributed by atoms with van der Waals surface area (Å²) < 4.78 is 0. The van der Waals surface area contributed by atoms with Crippen molar-refractivity contribution in [1.29, 1.82) is 0 Å². The van der Waals surface area contributed by atoms with Crippen molar-refractivity contribution in [3.05, 3.63) is 30.1 Å². The summed E-state index contributed by atoms with van der Waals surface area (Å²) in [6, 6.07) is 6.14. The molecule has 0 amide bonds. The number of aromatic nitrogens is 1. The average Bonchev–Trinajstić information content (AvgIpc) is 2.47. The monoisotopic (exact) mass is 276 g/mol. The Morgan fingerprint density at radius 3 is 2.70 bits per heavy atom. The van der Waals surface area contributed by atoms with Crippen molar-refractivity contribution in [1.82, 2.24) is 20.1 Å². The normalized spacial score (nSPS) is 17.6. The zero-order valence-corrected chi connectivity index (χ0v) is 13.1. The second kappa shape index (κ2) is 7.16. The molecule has 1 saturated heterocycles. The average molecular weight is 276 g/mol. The zero-order valence-electron chi connectivity index (χ0n) is 13.1. The van der Waals surface area contributed by atoms with Crippen LogP contribution in [-0.2, 0) is 6.42 Å². The van der Waals surface area contributed by atoms with Crippen LogP contribution in [0.4, 0.5) is 0 Å². The molecule has 1 fully saturated rings. The van der Waals surface area contributed by atoms with Gasteiger partial charge in [-0.2, -0.15) is 0 Å². The van der Waals surface area contributed by atoms with Gasteiger partial charge in [-0.1, -0.05) is 6.07 Å². The number of likely N-dealkylation sites (N-methyl/N-ethyl adjacent to an activating group) is 1. The molecule has 0 radical (unpaired) electrons. The molecule has 0 aliphatic carbocycles. The molecule has 0 saturated carbocycles. The first-order chi connectivity index (χ1) is 9.58. The smallest absolute Gasteiger partial charge is 0.0416 e. The first-order valence-corrected chi connectivity index (χ1v) is 7.62. The molecule has 0 aromatic carbocycles. The molecule has 1 aromatic rings. The summed E-state index contributed by atoms with van der Waals surface area (Å²) >= 11 is 0. The molecular formula is C16H28N4. The van der Waals surface area contributed by atoms with E-state index in [1.165, 1.54) is 5.69 Å². The van der Waals surface area contributed by atoms with Gasteiger partial charge in [-0.15, -0.1) is 0 Å². The Bertz CT molecular complexity index is 385. The zero-order chi connectivity index (χ0) is 14.4. The maximum atomic E-state index is 4.39. The Hall–Kier alpha value is -0.970. The highest BCUT2D eigenvalue weighted by Gasteiger charge is 2.28. The Labute approximate surface area is 123 Å². The Balaban J connectivity index is 1.79. The number of rotatable bonds is 6. The third-order valence-corrected chi connectivity index (χ3v) is 4.11. The number of pyridine rings is 1. The van der Waals surface area contributed by atoms with Crippen molar-refractivity contribution in [3.63, 3.8) is 0 Å². The molecule has 1 N–H and O–H groups in total. The van der Waals surface area contributed by atoms with Gasteiger partial charge in [0.05, 0.1) is 0 Å². The molecule has 0 spiro atoms. The Morgan fingerprint density at radius 2 is 2.05 bits per heavy atom. The highest BCUT2D eigenvalue weighted by Crippen LogP contribution is 2.16. The SMILES string of the molecule is CN(CCc1ccccn1)CC(C)(C)N1CCNCC1. The maximum Gasteiger partial charge on any atom is 0.0416 e. The van der Waals surface area contributed by atoms with Crippen molar-refractivity contribution in [2.45, 2.75) is 25.8 Å². The van der Waals surface area contributed by atoms with Gasteiger partial charge in [0.1, 0.15) is 0 Å². The lowest BCUT2D eigenvalue weighted by atomic mass is 10.0. The van der Waals surface area contributed by atoms with Crippen LogP contribution in [0.2, 0.25) is 0 Å². The Morgan fingerprint density at radius 1 is 1.30 bits per heavy atom. The van der Waals surface area contributed by atoms with Gasteiger partial charge in [-0.3, -0.25) is 9.88 Å². The summed E-state index contributed by atoms with van der Waals surface area (Å²) in [6.45, 7) is 11.4. The van der Waals surface area contributed by atoms with Gasteiger partial charge < -0.3 is 10.2 Å². The van der Waals surface area contributed by atoms with E-state index in [2.05, 4.69) is 53.1 Å². The van der Waals surface area contributed by atoms with E-state index in [4.69, 9.17) is 0 Å². The first-order valence-electron chi connectivity index (χ1n) is 7.62. The van der Waals surface area contributed by atoms with Gasteiger partial charge in [-0.05, 0) is 33.0 Å². The summed E-state index contributed by atoms with van der Waals surface area (Å²) in [5, 5.41) is 3.42. The molecule has 4 heteroatoms. The fourth-order valence-corrected chi connectivity index (χ4v) is 2.96. The van der Waals surface area contributed by atoms with E-state index >= 15 is 0 Å². The number of hydrogen-bond acceptors (Lipinski definition) is 4. The van der Waals surface area contributed by atoms with Crippen LogP contribution in [0.1, 0.15) is 19.5 Å². The van der Waals surface area contributed by atoms with Gasteiger partial charge in [0.2, 0.25) is 0 Å². The van der Waals surface area contributed by atoms with E-state index in [0.717, 1.165) is 45.7 Å². The lowest BCUT2D eigenvalue weighted by molar-refractivity contribution is 0.0716. The fraction of sp³-hybridized carbons (Fsp3) is 0.688. The van der Waals surface area contributed by atoms with E-state index in [-0.39, 0.29) is 5.54 Å². The van der Waals surface area contributed by atoms with Gasteiger partial charge in [0, 0.05) is 63.1 Å². The van der Waals surface area contributed by atoms with Crippen molar-refractivity contribution >= 4 is 0 Å². The third kappa shape index (κ3) is 4.54. The molecule has 0 bridgehead atoms. The van der Waals surface area contributed by atoms with Crippen LogP contribution in [0, 0.1) is 0 Å². The molecule has 1 aliphatic heterocycles. The molecule has 1 aromatic heterocycles. The fourth-order valence-electron chi connectivity index (χ4n) is 2.96. The van der Waals surface area contributed by atoms with Crippen LogP contribution in [0.15, 0.2) is 24.4 Å².